The highest BCUT2D eigenvalue weighted by atomic mass is 19.1. The summed E-state index contributed by atoms with van der Waals surface area (Å²) in [6.45, 7) is 3.10. The Kier molecular flexibility index (Phi) is 3.42. The van der Waals surface area contributed by atoms with Crippen molar-refractivity contribution < 1.29 is 19.0 Å². The first-order valence-electron chi connectivity index (χ1n) is 4.73. The molecule has 0 aliphatic heterocycles. The van der Waals surface area contributed by atoms with Crippen molar-refractivity contribution >= 4 is 0 Å². The lowest BCUT2D eigenvalue weighted by molar-refractivity contribution is -0.0660. The fourth-order valence-corrected chi connectivity index (χ4v) is 1.29. The topological polar surface area (TPSA) is 40.5 Å². The first-order chi connectivity index (χ1) is 6.86. The minimum Gasteiger partial charge on any atom is -0.387 e. The van der Waals surface area contributed by atoms with Gasteiger partial charge in [-0.05, 0) is 31.0 Å². The van der Waals surface area contributed by atoms with E-state index in [-0.39, 0.29) is 12.0 Å². The van der Waals surface area contributed by atoms with Gasteiger partial charge in [0.2, 0.25) is 0 Å². The van der Waals surface area contributed by atoms with Crippen LogP contribution in [0.4, 0.5) is 8.78 Å². The molecule has 84 valence electrons. The fourth-order valence-electron chi connectivity index (χ4n) is 1.29. The van der Waals surface area contributed by atoms with Crippen molar-refractivity contribution in [3.05, 3.63) is 35.4 Å². The van der Waals surface area contributed by atoms with Gasteiger partial charge in [-0.25, -0.2) is 8.78 Å². The quantitative estimate of drug-likeness (QED) is 0.812. The van der Waals surface area contributed by atoms with E-state index in [0.29, 0.717) is 0 Å². The number of aliphatic hydroxyl groups is 2. The largest absolute Gasteiger partial charge is 0.387 e. The second-order valence-electron chi connectivity index (χ2n) is 3.82. The average Bonchev–Trinajstić information content (AvgIpc) is 2.15. The molecule has 2 atom stereocenters. The van der Waals surface area contributed by atoms with Gasteiger partial charge in [-0.15, -0.1) is 0 Å². The maximum Gasteiger partial charge on any atom is 0.126 e. The SMILES string of the molecule is CCC(C)(O)C(O)c1cc(F)cc(F)c1. The standard InChI is InChI=1S/C11H14F2O2/c1-3-11(2,15)10(14)7-4-8(12)6-9(13)5-7/h4-6,10,14-15H,3H2,1-2H3. The van der Waals surface area contributed by atoms with E-state index in [1.165, 1.54) is 6.92 Å². The Bertz CT molecular complexity index is 330. The highest BCUT2D eigenvalue weighted by Crippen LogP contribution is 2.29. The van der Waals surface area contributed by atoms with Crippen LogP contribution in [0, 0.1) is 11.6 Å². The molecule has 2 nitrogen and oxygen atoms in total. The molecule has 0 aliphatic rings. The summed E-state index contributed by atoms with van der Waals surface area (Å²) in [5.41, 5.74) is -1.35. The molecule has 0 heterocycles. The van der Waals surface area contributed by atoms with Crippen molar-refractivity contribution in [3.63, 3.8) is 0 Å². The number of hydrogen-bond acceptors (Lipinski definition) is 2. The Hall–Kier alpha value is -1.00. The third-order valence-corrected chi connectivity index (χ3v) is 2.51. The molecule has 0 aliphatic carbocycles. The van der Waals surface area contributed by atoms with E-state index in [2.05, 4.69) is 0 Å². The van der Waals surface area contributed by atoms with Gasteiger partial charge in [-0.1, -0.05) is 6.92 Å². The summed E-state index contributed by atoms with van der Waals surface area (Å²) < 4.78 is 25.7. The molecule has 0 aromatic heterocycles. The molecule has 0 radical (unpaired) electrons. The number of aliphatic hydroxyl groups excluding tert-OH is 1. The maximum absolute atomic E-state index is 12.8. The second kappa shape index (κ2) is 4.24. The average molecular weight is 216 g/mol. The van der Waals surface area contributed by atoms with Crippen LogP contribution in [0.15, 0.2) is 18.2 Å². The van der Waals surface area contributed by atoms with Crippen molar-refractivity contribution in [3.8, 4) is 0 Å². The molecule has 0 bridgehead atoms. The van der Waals surface area contributed by atoms with E-state index in [4.69, 9.17) is 0 Å². The van der Waals surface area contributed by atoms with Gasteiger partial charge in [0.05, 0.1) is 5.60 Å². The second-order valence-corrected chi connectivity index (χ2v) is 3.82. The zero-order valence-corrected chi connectivity index (χ0v) is 8.67. The molecule has 2 unspecified atom stereocenters. The predicted molar refractivity (Wildman–Crippen MR) is 52.2 cm³/mol. The molecule has 15 heavy (non-hydrogen) atoms. The van der Waals surface area contributed by atoms with Crippen LogP contribution in [-0.4, -0.2) is 15.8 Å². The molecule has 1 aromatic carbocycles. The normalized spacial score (nSPS) is 17.2. The minimum absolute atomic E-state index is 0.0411. The van der Waals surface area contributed by atoms with Crippen LogP contribution in [0.1, 0.15) is 31.9 Å². The number of halogens is 2. The number of rotatable bonds is 3. The number of hydrogen-bond donors (Lipinski definition) is 2. The Morgan fingerprint density at radius 2 is 1.73 bits per heavy atom. The van der Waals surface area contributed by atoms with Crippen molar-refractivity contribution in [2.24, 2.45) is 0 Å². The van der Waals surface area contributed by atoms with Gasteiger partial charge in [-0.2, -0.15) is 0 Å². The lowest BCUT2D eigenvalue weighted by Crippen LogP contribution is -2.31. The van der Waals surface area contributed by atoms with Crippen LogP contribution >= 0.6 is 0 Å². The summed E-state index contributed by atoms with van der Waals surface area (Å²) in [5, 5.41) is 19.4. The van der Waals surface area contributed by atoms with Crippen molar-refractivity contribution in [2.75, 3.05) is 0 Å². The molecule has 0 amide bonds. The van der Waals surface area contributed by atoms with Crippen LogP contribution in [0.3, 0.4) is 0 Å². The maximum atomic E-state index is 12.8. The number of benzene rings is 1. The Labute approximate surface area is 87.2 Å². The zero-order valence-electron chi connectivity index (χ0n) is 8.67. The zero-order chi connectivity index (χ0) is 11.6. The molecule has 0 saturated carbocycles. The monoisotopic (exact) mass is 216 g/mol. The summed E-state index contributed by atoms with van der Waals surface area (Å²) >= 11 is 0. The Balaban J connectivity index is 3.06. The van der Waals surface area contributed by atoms with Crippen LogP contribution in [-0.2, 0) is 0 Å². The third kappa shape index (κ3) is 2.73. The third-order valence-electron chi connectivity index (χ3n) is 2.51. The highest BCUT2D eigenvalue weighted by molar-refractivity contribution is 5.22. The first kappa shape index (κ1) is 12.1. The highest BCUT2D eigenvalue weighted by Gasteiger charge is 2.30. The molecule has 4 heteroatoms. The summed E-state index contributed by atoms with van der Waals surface area (Å²) in [5.74, 6) is -1.54. The predicted octanol–water partition coefficient (Wildman–Crippen LogP) is 2.16. The molecule has 0 saturated heterocycles. The first-order valence-corrected chi connectivity index (χ1v) is 4.73. The van der Waals surface area contributed by atoms with Gasteiger partial charge >= 0.3 is 0 Å². The van der Waals surface area contributed by atoms with E-state index >= 15 is 0 Å². The van der Waals surface area contributed by atoms with Gasteiger partial charge < -0.3 is 10.2 Å². The van der Waals surface area contributed by atoms with Crippen molar-refractivity contribution in [2.45, 2.75) is 32.0 Å². The Morgan fingerprint density at radius 3 is 2.13 bits per heavy atom. The summed E-state index contributed by atoms with van der Waals surface area (Å²) in [4.78, 5) is 0. The molecule has 0 spiro atoms. The van der Waals surface area contributed by atoms with Crippen LogP contribution < -0.4 is 0 Å². The molecule has 1 aromatic rings. The molecular weight excluding hydrogens is 202 g/mol. The van der Waals surface area contributed by atoms with Crippen molar-refractivity contribution in [1.29, 1.82) is 0 Å². The van der Waals surface area contributed by atoms with E-state index in [0.717, 1.165) is 18.2 Å². The van der Waals surface area contributed by atoms with Gasteiger partial charge in [0, 0.05) is 6.07 Å². The van der Waals surface area contributed by atoms with Gasteiger partial charge in [0.15, 0.2) is 0 Å². The van der Waals surface area contributed by atoms with E-state index in [1.54, 1.807) is 6.92 Å². The van der Waals surface area contributed by atoms with Gasteiger partial charge in [-0.3, -0.25) is 0 Å². The fraction of sp³-hybridized carbons (Fsp3) is 0.455. The summed E-state index contributed by atoms with van der Waals surface area (Å²) in [6, 6.07) is 2.74. The van der Waals surface area contributed by atoms with Crippen LogP contribution in [0.5, 0.6) is 0 Å². The molecule has 0 fully saturated rings. The molecule has 1 rings (SSSR count). The van der Waals surface area contributed by atoms with Crippen LogP contribution in [0.25, 0.3) is 0 Å². The van der Waals surface area contributed by atoms with E-state index in [1.807, 2.05) is 0 Å². The van der Waals surface area contributed by atoms with Crippen LogP contribution in [0.2, 0.25) is 0 Å². The van der Waals surface area contributed by atoms with Gasteiger partial charge in [0.1, 0.15) is 17.7 Å². The summed E-state index contributed by atoms with van der Waals surface area (Å²) in [6.07, 6.45) is -1.01. The summed E-state index contributed by atoms with van der Waals surface area (Å²) in [7, 11) is 0. The molecule has 2 N–H and O–H groups in total. The smallest absolute Gasteiger partial charge is 0.126 e. The molecular formula is C11H14F2O2. The minimum atomic E-state index is -1.39. The lowest BCUT2D eigenvalue weighted by Gasteiger charge is -2.28. The van der Waals surface area contributed by atoms with Crippen molar-refractivity contribution in [1.82, 2.24) is 0 Å². The Morgan fingerprint density at radius 1 is 1.27 bits per heavy atom. The van der Waals surface area contributed by atoms with Gasteiger partial charge in [0.25, 0.3) is 0 Å². The lowest BCUT2D eigenvalue weighted by atomic mass is 9.90. The van der Waals surface area contributed by atoms with E-state index < -0.39 is 23.3 Å². The van der Waals surface area contributed by atoms with E-state index in [9.17, 15) is 19.0 Å².